The molecule has 0 aromatic heterocycles. The molecule has 0 aliphatic carbocycles. The molecule has 0 atom stereocenters. The van der Waals surface area contributed by atoms with Crippen LogP contribution in [0.25, 0.3) is 0 Å². The third-order valence-electron chi connectivity index (χ3n) is 4.23. The first-order valence-electron chi connectivity index (χ1n) is 8.23. The molecule has 2 saturated heterocycles. The molecule has 0 bridgehead atoms. The van der Waals surface area contributed by atoms with Gasteiger partial charge in [0.1, 0.15) is 5.60 Å². The summed E-state index contributed by atoms with van der Waals surface area (Å²) in [5.74, 6) is -0.103. The summed E-state index contributed by atoms with van der Waals surface area (Å²) in [7, 11) is 0. The molecule has 0 spiro atoms. The Labute approximate surface area is 128 Å². The summed E-state index contributed by atoms with van der Waals surface area (Å²) in [5, 5.41) is 5.34. The smallest absolute Gasteiger partial charge is 0.315 e. The second kappa shape index (κ2) is 7.07. The molecular formula is C16H30N2O3. The summed E-state index contributed by atoms with van der Waals surface area (Å²) in [6.45, 7) is 9.86. The molecule has 2 heterocycles. The number of nitrogens with zero attached hydrogens (tertiary/aromatic N) is 1. The lowest BCUT2D eigenvalue weighted by molar-refractivity contribution is -0.210. The number of esters is 1. The number of hydrogen-bond donors (Lipinski definition) is 1. The van der Waals surface area contributed by atoms with Crippen molar-refractivity contribution in [3.05, 3.63) is 0 Å². The zero-order valence-electron chi connectivity index (χ0n) is 13.7. The molecule has 21 heavy (non-hydrogen) atoms. The van der Waals surface area contributed by atoms with Crippen LogP contribution in [0.2, 0.25) is 0 Å². The summed E-state index contributed by atoms with van der Waals surface area (Å²) >= 11 is 0. The average molecular weight is 298 g/mol. The van der Waals surface area contributed by atoms with Crippen LogP contribution in [0.5, 0.6) is 0 Å². The van der Waals surface area contributed by atoms with Gasteiger partial charge in [-0.25, -0.2) is 0 Å². The Bertz CT molecular complexity index is 340. The quantitative estimate of drug-likeness (QED) is 0.806. The van der Waals surface area contributed by atoms with Crippen LogP contribution < -0.4 is 5.32 Å². The summed E-state index contributed by atoms with van der Waals surface area (Å²) in [4.78, 5) is 18.6. The van der Waals surface area contributed by atoms with E-state index in [0.717, 1.165) is 39.0 Å². The van der Waals surface area contributed by atoms with E-state index < -0.39 is 11.0 Å². The van der Waals surface area contributed by atoms with Crippen LogP contribution >= 0.6 is 0 Å². The number of hydroxylamine groups is 2. The van der Waals surface area contributed by atoms with Crippen molar-refractivity contribution in [2.24, 2.45) is 5.41 Å². The monoisotopic (exact) mass is 298 g/mol. The van der Waals surface area contributed by atoms with Crippen LogP contribution in [-0.2, 0) is 14.4 Å². The molecule has 0 radical (unpaired) electrons. The predicted molar refractivity (Wildman–Crippen MR) is 81.8 cm³/mol. The maximum atomic E-state index is 12.7. The van der Waals surface area contributed by atoms with Gasteiger partial charge in [0.05, 0.1) is 12.0 Å². The highest BCUT2D eigenvalue weighted by atomic mass is 16.7. The molecule has 5 heteroatoms. The average Bonchev–Trinajstić information content (AvgIpc) is 2.45. The Hall–Kier alpha value is -0.650. The van der Waals surface area contributed by atoms with E-state index >= 15 is 0 Å². The van der Waals surface area contributed by atoms with E-state index in [1.807, 2.05) is 25.8 Å². The van der Waals surface area contributed by atoms with Gasteiger partial charge < -0.3 is 10.1 Å². The van der Waals surface area contributed by atoms with E-state index in [0.29, 0.717) is 6.61 Å². The summed E-state index contributed by atoms with van der Waals surface area (Å²) in [6.07, 6.45) is 5.22. The van der Waals surface area contributed by atoms with E-state index in [4.69, 9.17) is 9.57 Å². The van der Waals surface area contributed by atoms with Crippen molar-refractivity contribution in [2.75, 3.05) is 32.8 Å². The second-order valence-electron chi connectivity index (χ2n) is 7.30. The second-order valence-corrected chi connectivity index (χ2v) is 7.30. The largest absolute Gasteiger partial charge is 0.459 e. The normalized spacial score (nSPS) is 23.8. The van der Waals surface area contributed by atoms with Crippen molar-refractivity contribution in [1.29, 1.82) is 0 Å². The lowest BCUT2D eigenvalue weighted by Gasteiger charge is -2.38. The van der Waals surface area contributed by atoms with Crippen molar-refractivity contribution < 1.29 is 14.4 Å². The van der Waals surface area contributed by atoms with Gasteiger partial charge >= 0.3 is 5.97 Å². The van der Waals surface area contributed by atoms with Gasteiger partial charge in [-0.15, -0.1) is 0 Å². The van der Waals surface area contributed by atoms with Crippen LogP contribution in [0, 0.1) is 5.41 Å². The molecule has 0 aromatic rings. The van der Waals surface area contributed by atoms with Crippen LogP contribution in [0.1, 0.15) is 52.9 Å². The highest BCUT2D eigenvalue weighted by molar-refractivity contribution is 5.77. The summed E-state index contributed by atoms with van der Waals surface area (Å²) in [6, 6.07) is 0. The van der Waals surface area contributed by atoms with E-state index in [-0.39, 0.29) is 5.97 Å². The topological polar surface area (TPSA) is 50.8 Å². The summed E-state index contributed by atoms with van der Waals surface area (Å²) in [5.41, 5.74) is -0.934. The fourth-order valence-corrected chi connectivity index (χ4v) is 2.91. The third-order valence-corrected chi connectivity index (χ3v) is 4.23. The number of carbonyl (C=O) groups is 1. The maximum Gasteiger partial charge on any atom is 0.315 e. The van der Waals surface area contributed by atoms with E-state index in [9.17, 15) is 4.79 Å². The van der Waals surface area contributed by atoms with Crippen molar-refractivity contribution >= 4 is 5.97 Å². The third kappa shape index (κ3) is 4.94. The highest BCUT2D eigenvalue weighted by Gasteiger charge is 2.43. The number of carbonyl (C=O) groups excluding carboxylic acids is 1. The standard InChI is InChI=1S/C16H30N2O3/c1-15(2,3)21-14(19)16(7-9-17-10-8-16)13-20-18-11-5-4-6-12-18/h17H,4-13H2,1-3H3. The Kier molecular flexibility index (Phi) is 5.63. The van der Waals surface area contributed by atoms with Crippen LogP contribution in [-0.4, -0.2) is 49.4 Å². The fraction of sp³-hybridized carbons (Fsp3) is 0.938. The SMILES string of the molecule is CC(C)(C)OC(=O)C1(CON2CCCCC2)CCNCC1. The van der Waals surface area contributed by atoms with E-state index in [1.165, 1.54) is 19.3 Å². The molecule has 0 amide bonds. The molecule has 2 rings (SSSR count). The van der Waals surface area contributed by atoms with E-state index in [1.54, 1.807) is 0 Å². The van der Waals surface area contributed by atoms with Crippen molar-refractivity contribution in [3.8, 4) is 0 Å². The first-order chi connectivity index (χ1) is 9.91. The Morgan fingerprint density at radius 2 is 1.76 bits per heavy atom. The molecule has 2 aliphatic rings. The number of piperidine rings is 2. The van der Waals surface area contributed by atoms with Gasteiger partial charge in [-0.05, 0) is 59.5 Å². The van der Waals surface area contributed by atoms with Gasteiger partial charge in [-0.1, -0.05) is 6.42 Å². The van der Waals surface area contributed by atoms with E-state index in [2.05, 4.69) is 5.32 Å². The first kappa shape index (κ1) is 16.7. The fourth-order valence-electron chi connectivity index (χ4n) is 2.91. The molecule has 122 valence electrons. The molecule has 0 unspecified atom stereocenters. The maximum absolute atomic E-state index is 12.7. The summed E-state index contributed by atoms with van der Waals surface area (Å²) < 4.78 is 5.66. The van der Waals surface area contributed by atoms with Crippen molar-refractivity contribution in [3.63, 3.8) is 0 Å². The van der Waals surface area contributed by atoms with Crippen LogP contribution in [0.4, 0.5) is 0 Å². The lowest BCUT2D eigenvalue weighted by atomic mass is 9.79. The van der Waals surface area contributed by atoms with Crippen molar-refractivity contribution in [2.45, 2.75) is 58.5 Å². The number of ether oxygens (including phenoxy) is 1. The minimum atomic E-state index is -0.490. The molecule has 2 aliphatic heterocycles. The Morgan fingerprint density at radius 3 is 2.33 bits per heavy atom. The number of hydrogen-bond acceptors (Lipinski definition) is 5. The predicted octanol–water partition coefficient (Wildman–Crippen LogP) is 2.12. The van der Waals surface area contributed by atoms with Crippen LogP contribution in [0.3, 0.4) is 0 Å². The van der Waals surface area contributed by atoms with Gasteiger partial charge in [0.25, 0.3) is 0 Å². The zero-order chi connectivity index (χ0) is 15.3. The van der Waals surface area contributed by atoms with Gasteiger partial charge in [0, 0.05) is 13.1 Å². The van der Waals surface area contributed by atoms with Gasteiger partial charge in [0.2, 0.25) is 0 Å². The Balaban J connectivity index is 1.96. The molecule has 0 saturated carbocycles. The first-order valence-corrected chi connectivity index (χ1v) is 8.23. The Morgan fingerprint density at radius 1 is 1.14 bits per heavy atom. The molecule has 0 aromatic carbocycles. The number of nitrogens with one attached hydrogen (secondary N) is 1. The molecule has 2 fully saturated rings. The van der Waals surface area contributed by atoms with Gasteiger partial charge in [-0.2, -0.15) is 5.06 Å². The molecule has 5 nitrogen and oxygen atoms in total. The van der Waals surface area contributed by atoms with Crippen molar-refractivity contribution in [1.82, 2.24) is 10.4 Å². The molecule has 1 N–H and O–H groups in total. The zero-order valence-corrected chi connectivity index (χ0v) is 13.7. The number of rotatable bonds is 4. The van der Waals surface area contributed by atoms with Gasteiger partial charge in [-0.3, -0.25) is 9.63 Å². The lowest BCUT2D eigenvalue weighted by Crippen LogP contribution is -2.49. The minimum Gasteiger partial charge on any atom is -0.459 e. The van der Waals surface area contributed by atoms with Gasteiger partial charge in [0.15, 0.2) is 0 Å². The molecular weight excluding hydrogens is 268 g/mol. The van der Waals surface area contributed by atoms with Crippen LogP contribution in [0.15, 0.2) is 0 Å². The minimum absolute atomic E-state index is 0.103. The highest BCUT2D eigenvalue weighted by Crippen LogP contribution is 2.33.